The standard InChI is InChI=1S/C21H25N3O2S2/c1-6-10-22-17(25)11-27-21-23-19-18(14(4)15(5)28-19)20(26)24(21)16-9-7-8-12(2)13(16)3/h7-9H,6,10-11H2,1-5H3,(H,22,25). The Balaban J connectivity index is 2.17. The summed E-state index contributed by atoms with van der Waals surface area (Å²) >= 11 is 2.83. The molecule has 148 valence electrons. The lowest BCUT2D eigenvalue weighted by molar-refractivity contribution is -0.118. The van der Waals surface area contributed by atoms with Gasteiger partial charge < -0.3 is 5.32 Å². The number of thiophene rings is 1. The van der Waals surface area contributed by atoms with Gasteiger partial charge in [0.15, 0.2) is 5.16 Å². The summed E-state index contributed by atoms with van der Waals surface area (Å²) in [5, 5.41) is 4.10. The first-order chi connectivity index (χ1) is 13.3. The van der Waals surface area contributed by atoms with Crippen LogP contribution < -0.4 is 10.9 Å². The molecule has 2 aromatic heterocycles. The number of nitrogens with zero attached hydrogens (tertiary/aromatic N) is 2. The van der Waals surface area contributed by atoms with E-state index in [-0.39, 0.29) is 17.2 Å². The molecule has 0 atom stereocenters. The van der Waals surface area contributed by atoms with E-state index in [1.807, 2.05) is 52.8 Å². The maximum Gasteiger partial charge on any atom is 0.267 e. The SMILES string of the molecule is CCCNC(=O)CSc1nc2sc(C)c(C)c2c(=O)n1-c1cccc(C)c1C. The summed E-state index contributed by atoms with van der Waals surface area (Å²) < 4.78 is 1.67. The molecule has 1 N–H and O–H groups in total. The summed E-state index contributed by atoms with van der Waals surface area (Å²) in [6, 6.07) is 5.91. The fraction of sp³-hybridized carbons (Fsp3) is 0.381. The highest BCUT2D eigenvalue weighted by Gasteiger charge is 2.20. The van der Waals surface area contributed by atoms with E-state index in [1.54, 1.807) is 4.57 Å². The van der Waals surface area contributed by atoms with Gasteiger partial charge in [-0.15, -0.1) is 11.3 Å². The van der Waals surface area contributed by atoms with Crippen molar-refractivity contribution < 1.29 is 4.79 Å². The molecule has 0 bridgehead atoms. The van der Waals surface area contributed by atoms with E-state index in [1.165, 1.54) is 23.1 Å². The number of aryl methyl sites for hydroxylation is 3. The van der Waals surface area contributed by atoms with Gasteiger partial charge in [-0.25, -0.2) is 4.98 Å². The molecule has 0 spiro atoms. The number of nitrogens with one attached hydrogen (secondary N) is 1. The summed E-state index contributed by atoms with van der Waals surface area (Å²) in [5.41, 5.74) is 3.87. The zero-order valence-corrected chi connectivity index (χ0v) is 18.5. The zero-order valence-electron chi connectivity index (χ0n) is 16.9. The topological polar surface area (TPSA) is 64.0 Å². The van der Waals surface area contributed by atoms with Crippen LogP contribution in [-0.4, -0.2) is 27.8 Å². The molecule has 3 aromatic rings. The van der Waals surface area contributed by atoms with Crippen LogP contribution in [0.4, 0.5) is 0 Å². The van der Waals surface area contributed by atoms with Crippen molar-refractivity contribution in [3.05, 3.63) is 50.1 Å². The number of rotatable bonds is 6. The molecule has 0 unspecified atom stereocenters. The second kappa shape index (κ2) is 8.49. The van der Waals surface area contributed by atoms with E-state index in [2.05, 4.69) is 5.32 Å². The lowest BCUT2D eigenvalue weighted by Gasteiger charge is -2.15. The molecule has 3 rings (SSSR count). The average Bonchev–Trinajstić information content (AvgIpc) is 2.95. The number of amides is 1. The van der Waals surface area contributed by atoms with E-state index in [9.17, 15) is 9.59 Å². The molecule has 0 saturated heterocycles. The van der Waals surface area contributed by atoms with Crippen molar-refractivity contribution >= 4 is 39.2 Å². The highest BCUT2D eigenvalue weighted by atomic mass is 32.2. The van der Waals surface area contributed by atoms with E-state index >= 15 is 0 Å². The highest BCUT2D eigenvalue weighted by molar-refractivity contribution is 7.99. The Morgan fingerprint density at radius 2 is 1.96 bits per heavy atom. The van der Waals surface area contributed by atoms with Gasteiger partial charge in [0.2, 0.25) is 5.91 Å². The van der Waals surface area contributed by atoms with Crippen molar-refractivity contribution in [2.45, 2.75) is 46.2 Å². The molecule has 0 fully saturated rings. The molecule has 7 heteroatoms. The zero-order chi connectivity index (χ0) is 20.4. The third-order valence-electron chi connectivity index (χ3n) is 4.89. The van der Waals surface area contributed by atoms with Gasteiger partial charge in [0.1, 0.15) is 4.83 Å². The summed E-state index contributed by atoms with van der Waals surface area (Å²) in [6.07, 6.45) is 0.890. The number of benzene rings is 1. The van der Waals surface area contributed by atoms with Crippen LogP contribution in [0.2, 0.25) is 0 Å². The molecule has 28 heavy (non-hydrogen) atoms. The molecular formula is C21H25N3O2S2. The van der Waals surface area contributed by atoms with Crippen molar-refractivity contribution in [2.75, 3.05) is 12.3 Å². The quantitative estimate of drug-likeness (QED) is 0.482. The predicted molar refractivity (Wildman–Crippen MR) is 118 cm³/mol. The molecule has 1 aromatic carbocycles. The largest absolute Gasteiger partial charge is 0.355 e. The van der Waals surface area contributed by atoms with Gasteiger partial charge in [-0.05, 0) is 56.9 Å². The minimum absolute atomic E-state index is 0.0488. The van der Waals surface area contributed by atoms with Gasteiger partial charge in [-0.1, -0.05) is 30.8 Å². The Morgan fingerprint density at radius 3 is 2.68 bits per heavy atom. The first-order valence-electron chi connectivity index (χ1n) is 9.34. The Hall–Kier alpha value is -2.12. The first kappa shape index (κ1) is 20.6. The molecule has 5 nitrogen and oxygen atoms in total. The Kier molecular flexibility index (Phi) is 6.25. The third-order valence-corrected chi connectivity index (χ3v) is 6.93. The second-order valence-electron chi connectivity index (χ2n) is 6.86. The molecule has 0 aliphatic rings. The number of hydrogen-bond donors (Lipinski definition) is 1. The van der Waals surface area contributed by atoms with Crippen molar-refractivity contribution in [2.24, 2.45) is 0 Å². The number of carbonyl (C=O) groups is 1. The summed E-state index contributed by atoms with van der Waals surface area (Å²) in [7, 11) is 0. The second-order valence-corrected chi connectivity index (χ2v) is 9.00. The summed E-state index contributed by atoms with van der Waals surface area (Å²) in [6.45, 7) is 10.7. The average molecular weight is 416 g/mol. The molecule has 0 saturated carbocycles. The van der Waals surface area contributed by atoms with Gasteiger partial charge in [0.05, 0.1) is 16.8 Å². The maximum atomic E-state index is 13.5. The van der Waals surface area contributed by atoms with Gasteiger partial charge >= 0.3 is 0 Å². The number of fused-ring (bicyclic) bond motifs is 1. The molecule has 0 radical (unpaired) electrons. The molecule has 0 aliphatic heterocycles. The Bertz CT molecular complexity index is 1100. The van der Waals surface area contributed by atoms with Crippen molar-refractivity contribution in [3.8, 4) is 5.69 Å². The van der Waals surface area contributed by atoms with E-state index in [0.29, 0.717) is 17.1 Å². The Morgan fingerprint density at radius 1 is 1.21 bits per heavy atom. The summed E-state index contributed by atoms with van der Waals surface area (Å²) in [5.74, 6) is 0.179. The number of carbonyl (C=O) groups excluding carboxylic acids is 1. The van der Waals surface area contributed by atoms with E-state index < -0.39 is 0 Å². The van der Waals surface area contributed by atoms with Crippen LogP contribution in [0.5, 0.6) is 0 Å². The van der Waals surface area contributed by atoms with E-state index in [4.69, 9.17) is 4.98 Å². The van der Waals surface area contributed by atoms with Crippen molar-refractivity contribution in [1.82, 2.24) is 14.9 Å². The maximum absolute atomic E-state index is 13.5. The van der Waals surface area contributed by atoms with Crippen LogP contribution >= 0.6 is 23.1 Å². The van der Waals surface area contributed by atoms with Crippen molar-refractivity contribution in [3.63, 3.8) is 0 Å². The number of thioether (sulfide) groups is 1. The van der Waals surface area contributed by atoms with Crippen LogP contribution in [0.25, 0.3) is 15.9 Å². The van der Waals surface area contributed by atoms with Gasteiger partial charge in [0.25, 0.3) is 5.56 Å². The molecular weight excluding hydrogens is 390 g/mol. The third kappa shape index (κ3) is 3.86. The minimum Gasteiger partial charge on any atom is -0.355 e. The highest BCUT2D eigenvalue weighted by Crippen LogP contribution is 2.30. The normalized spacial score (nSPS) is 11.2. The minimum atomic E-state index is -0.0722. The van der Waals surface area contributed by atoms with Crippen molar-refractivity contribution in [1.29, 1.82) is 0 Å². The van der Waals surface area contributed by atoms with Crippen LogP contribution in [-0.2, 0) is 4.79 Å². The van der Waals surface area contributed by atoms with E-state index in [0.717, 1.165) is 38.5 Å². The summed E-state index contributed by atoms with van der Waals surface area (Å²) in [4.78, 5) is 32.2. The monoisotopic (exact) mass is 415 g/mol. The molecule has 2 heterocycles. The number of aromatic nitrogens is 2. The smallest absolute Gasteiger partial charge is 0.267 e. The van der Waals surface area contributed by atoms with Crippen LogP contribution in [0.3, 0.4) is 0 Å². The number of hydrogen-bond acceptors (Lipinski definition) is 5. The van der Waals surface area contributed by atoms with Crippen LogP contribution in [0.1, 0.15) is 34.9 Å². The Labute approximate surface area is 173 Å². The van der Waals surface area contributed by atoms with Gasteiger partial charge in [-0.2, -0.15) is 0 Å². The lowest BCUT2D eigenvalue weighted by Crippen LogP contribution is -2.27. The first-order valence-corrected chi connectivity index (χ1v) is 11.1. The fourth-order valence-corrected chi connectivity index (χ4v) is 4.91. The lowest BCUT2D eigenvalue weighted by atomic mass is 10.1. The van der Waals surface area contributed by atoms with Crippen LogP contribution in [0.15, 0.2) is 28.2 Å². The fourth-order valence-electron chi connectivity index (χ4n) is 3.01. The molecule has 0 aliphatic carbocycles. The van der Waals surface area contributed by atoms with Gasteiger partial charge in [-0.3, -0.25) is 14.2 Å². The molecule has 1 amide bonds. The van der Waals surface area contributed by atoms with Crippen LogP contribution in [0, 0.1) is 27.7 Å². The van der Waals surface area contributed by atoms with Gasteiger partial charge in [0, 0.05) is 11.4 Å². The predicted octanol–water partition coefficient (Wildman–Crippen LogP) is 4.30.